The van der Waals surface area contributed by atoms with Crippen LogP contribution in [-0.4, -0.2) is 47.6 Å². The fourth-order valence-electron chi connectivity index (χ4n) is 1.37. The zero-order valence-corrected chi connectivity index (χ0v) is 10.5. The van der Waals surface area contributed by atoms with Crippen molar-refractivity contribution in [3.8, 4) is 0 Å². The molecular formula is C11H22N2O3. The summed E-state index contributed by atoms with van der Waals surface area (Å²) in [5.74, 6) is -1.04. The molecule has 0 aromatic rings. The van der Waals surface area contributed by atoms with Gasteiger partial charge < -0.3 is 10.4 Å². The molecule has 94 valence electrons. The largest absolute Gasteiger partial charge is 0.480 e. The fraction of sp³-hybridized carbons (Fsp3) is 0.818. The predicted octanol–water partition coefficient (Wildman–Crippen LogP) is 0.696. The van der Waals surface area contributed by atoms with Gasteiger partial charge in [-0.05, 0) is 26.8 Å². The van der Waals surface area contributed by atoms with Crippen LogP contribution < -0.4 is 5.32 Å². The Morgan fingerprint density at radius 1 is 1.31 bits per heavy atom. The van der Waals surface area contributed by atoms with Gasteiger partial charge >= 0.3 is 5.97 Å². The molecule has 1 atom stereocenters. The van der Waals surface area contributed by atoms with Crippen LogP contribution in [0.5, 0.6) is 0 Å². The lowest BCUT2D eigenvalue weighted by Crippen LogP contribution is -2.47. The molecule has 0 aliphatic rings. The van der Waals surface area contributed by atoms with Crippen molar-refractivity contribution in [1.82, 2.24) is 10.2 Å². The van der Waals surface area contributed by atoms with Crippen LogP contribution in [0.25, 0.3) is 0 Å². The molecule has 16 heavy (non-hydrogen) atoms. The number of carbonyl (C=O) groups is 2. The van der Waals surface area contributed by atoms with Gasteiger partial charge in [0, 0.05) is 6.04 Å². The van der Waals surface area contributed by atoms with Gasteiger partial charge in [-0.3, -0.25) is 14.5 Å². The highest BCUT2D eigenvalue weighted by molar-refractivity contribution is 5.82. The maximum Gasteiger partial charge on any atom is 0.317 e. The summed E-state index contributed by atoms with van der Waals surface area (Å²) in [5.41, 5.74) is 0. The number of nitrogens with one attached hydrogen (secondary N) is 1. The molecule has 5 heteroatoms. The summed E-state index contributed by atoms with van der Waals surface area (Å²) in [7, 11) is 1.63. The summed E-state index contributed by atoms with van der Waals surface area (Å²) >= 11 is 0. The van der Waals surface area contributed by atoms with E-state index >= 15 is 0 Å². The second-order valence-electron chi connectivity index (χ2n) is 4.01. The molecular weight excluding hydrogens is 208 g/mol. The van der Waals surface area contributed by atoms with Gasteiger partial charge in [0.05, 0.1) is 12.6 Å². The summed E-state index contributed by atoms with van der Waals surface area (Å²) in [6, 6.07) is -0.245. The number of aliphatic carboxylic acids is 1. The number of carboxylic acids is 1. The molecule has 0 saturated heterocycles. The first-order valence-corrected chi connectivity index (χ1v) is 5.64. The number of hydrogen-bond donors (Lipinski definition) is 2. The fourth-order valence-corrected chi connectivity index (χ4v) is 1.37. The lowest BCUT2D eigenvalue weighted by atomic mass is 10.1. The minimum Gasteiger partial charge on any atom is -0.480 e. The number of nitrogens with zero attached hydrogens (tertiary/aromatic N) is 1. The maximum absolute atomic E-state index is 11.7. The first-order valence-electron chi connectivity index (χ1n) is 5.64. The summed E-state index contributed by atoms with van der Waals surface area (Å²) in [6.45, 7) is 5.61. The normalized spacial score (nSPS) is 12.9. The highest BCUT2D eigenvalue weighted by atomic mass is 16.4. The summed E-state index contributed by atoms with van der Waals surface area (Å²) in [4.78, 5) is 23.8. The molecule has 0 aliphatic heterocycles. The van der Waals surface area contributed by atoms with E-state index in [2.05, 4.69) is 5.32 Å². The van der Waals surface area contributed by atoms with Crippen LogP contribution in [0.2, 0.25) is 0 Å². The van der Waals surface area contributed by atoms with Crippen molar-refractivity contribution in [2.75, 3.05) is 13.6 Å². The van der Waals surface area contributed by atoms with Crippen LogP contribution in [0.15, 0.2) is 0 Å². The Morgan fingerprint density at radius 3 is 2.19 bits per heavy atom. The Hall–Kier alpha value is -1.10. The molecule has 0 saturated carbocycles. The number of hydrogen-bond acceptors (Lipinski definition) is 3. The third kappa shape index (κ3) is 5.11. The van der Waals surface area contributed by atoms with E-state index in [1.807, 2.05) is 13.8 Å². The monoisotopic (exact) mass is 230 g/mol. The highest BCUT2D eigenvalue weighted by Crippen LogP contribution is 2.00. The van der Waals surface area contributed by atoms with Crippen LogP contribution in [0.4, 0.5) is 0 Å². The zero-order valence-electron chi connectivity index (χ0n) is 10.5. The molecule has 0 rings (SSSR count). The number of rotatable bonds is 7. The van der Waals surface area contributed by atoms with Crippen LogP contribution in [0.1, 0.15) is 33.6 Å². The van der Waals surface area contributed by atoms with Gasteiger partial charge in [-0.1, -0.05) is 13.8 Å². The van der Waals surface area contributed by atoms with Gasteiger partial charge in [0.25, 0.3) is 0 Å². The van der Waals surface area contributed by atoms with E-state index in [0.29, 0.717) is 0 Å². The molecule has 0 aromatic heterocycles. The minimum absolute atomic E-state index is 0.113. The van der Waals surface area contributed by atoms with Crippen LogP contribution in [-0.2, 0) is 9.59 Å². The van der Waals surface area contributed by atoms with Crippen molar-refractivity contribution in [2.24, 2.45) is 0 Å². The molecule has 5 nitrogen and oxygen atoms in total. The molecule has 1 amide bonds. The Labute approximate surface area is 96.8 Å². The lowest BCUT2D eigenvalue weighted by Gasteiger charge is -2.24. The Balaban J connectivity index is 4.21. The van der Waals surface area contributed by atoms with Gasteiger partial charge in [-0.25, -0.2) is 0 Å². The SMILES string of the molecule is CCC(CC)NC(=O)C(C)N(C)CC(=O)O. The molecule has 0 fully saturated rings. The molecule has 2 N–H and O–H groups in total. The van der Waals surface area contributed by atoms with Gasteiger partial charge in [-0.15, -0.1) is 0 Å². The molecule has 0 bridgehead atoms. The number of carbonyl (C=O) groups excluding carboxylic acids is 1. The maximum atomic E-state index is 11.7. The smallest absolute Gasteiger partial charge is 0.317 e. The lowest BCUT2D eigenvalue weighted by molar-refractivity contribution is -0.139. The van der Waals surface area contributed by atoms with Crippen LogP contribution in [0.3, 0.4) is 0 Å². The van der Waals surface area contributed by atoms with E-state index in [1.165, 1.54) is 4.90 Å². The summed E-state index contributed by atoms with van der Waals surface area (Å²) < 4.78 is 0. The number of amides is 1. The Kier molecular flexibility index (Phi) is 6.72. The molecule has 0 spiro atoms. The van der Waals surface area contributed by atoms with E-state index in [9.17, 15) is 9.59 Å². The molecule has 0 heterocycles. The number of carboxylic acid groups (broad SMARTS) is 1. The molecule has 0 radical (unpaired) electrons. The van der Waals surface area contributed by atoms with E-state index in [4.69, 9.17) is 5.11 Å². The van der Waals surface area contributed by atoms with Gasteiger partial charge in [0.1, 0.15) is 0 Å². The van der Waals surface area contributed by atoms with Crippen molar-refractivity contribution >= 4 is 11.9 Å². The molecule has 0 aromatic carbocycles. The number of likely N-dealkylation sites (N-methyl/N-ethyl adjacent to an activating group) is 1. The van der Waals surface area contributed by atoms with Crippen molar-refractivity contribution in [2.45, 2.75) is 45.7 Å². The Bertz CT molecular complexity index is 239. The second kappa shape index (κ2) is 7.22. The highest BCUT2D eigenvalue weighted by Gasteiger charge is 2.21. The van der Waals surface area contributed by atoms with E-state index in [0.717, 1.165) is 12.8 Å². The van der Waals surface area contributed by atoms with Crippen molar-refractivity contribution < 1.29 is 14.7 Å². The first kappa shape index (κ1) is 14.9. The standard InChI is InChI=1S/C11H22N2O3/c1-5-9(6-2)12-11(16)8(3)13(4)7-10(14)15/h8-9H,5-7H2,1-4H3,(H,12,16)(H,14,15). The van der Waals surface area contributed by atoms with Crippen LogP contribution >= 0.6 is 0 Å². The third-order valence-corrected chi connectivity index (χ3v) is 2.76. The topological polar surface area (TPSA) is 69.6 Å². The quantitative estimate of drug-likeness (QED) is 0.675. The molecule has 0 aliphatic carbocycles. The minimum atomic E-state index is -0.926. The van der Waals surface area contributed by atoms with Crippen molar-refractivity contribution in [1.29, 1.82) is 0 Å². The Morgan fingerprint density at radius 2 is 1.81 bits per heavy atom. The van der Waals surface area contributed by atoms with Crippen molar-refractivity contribution in [3.63, 3.8) is 0 Å². The predicted molar refractivity (Wildman–Crippen MR) is 62.2 cm³/mol. The van der Waals surface area contributed by atoms with Gasteiger partial charge in [-0.2, -0.15) is 0 Å². The van der Waals surface area contributed by atoms with Crippen LogP contribution in [0, 0.1) is 0 Å². The van der Waals surface area contributed by atoms with Gasteiger partial charge in [0.15, 0.2) is 0 Å². The van der Waals surface area contributed by atoms with E-state index in [-0.39, 0.29) is 18.5 Å². The average Bonchev–Trinajstić information content (AvgIpc) is 2.23. The first-order chi connectivity index (χ1) is 7.42. The zero-order chi connectivity index (χ0) is 12.7. The van der Waals surface area contributed by atoms with Crippen molar-refractivity contribution in [3.05, 3.63) is 0 Å². The summed E-state index contributed by atoms with van der Waals surface area (Å²) in [6.07, 6.45) is 1.77. The van der Waals surface area contributed by atoms with Gasteiger partial charge in [0.2, 0.25) is 5.91 Å². The summed E-state index contributed by atoms with van der Waals surface area (Å²) in [5, 5.41) is 11.5. The molecule has 1 unspecified atom stereocenters. The van der Waals surface area contributed by atoms with E-state index < -0.39 is 12.0 Å². The third-order valence-electron chi connectivity index (χ3n) is 2.76. The second-order valence-corrected chi connectivity index (χ2v) is 4.01. The average molecular weight is 230 g/mol. The van der Waals surface area contributed by atoms with E-state index in [1.54, 1.807) is 14.0 Å².